The molecule has 1 unspecified atom stereocenters. The highest BCUT2D eigenvalue weighted by molar-refractivity contribution is 7.09. The fraction of sp³-hybridized carbons (Fsp3) is 0.643. The van der Waals surface area contributed by atoms with E-state index < -0.39 is 11.4 Å². The van der Waals surface area contributed by atoms with Gasteiger partial charge in [-0.15, -0.1) is 11.3 Å². The third-order valence-corrected chi connectivity index (χ3v) is 4.90. The van der Waals surface area contributed by atoms with E-state index in [2.05, 4.69) is 22.4 Å². The molecule has 1 saturated heterocycles. The average molecular weight is 267 g/mol. The first-order valence-electron chi connectivity index (χ1n) is 6.48. The van der Waals surface area contributed by atoms with Gasteiger partial charge in [-0.1, -0.05) is 6.07 Å². The Morgan fingerprint density at radius 2 is 2.39 bits per heavy atom. The average Bonchev–Trinajstić information content (AvgIpc) is 2.82. The van der Waals surface area contributed by atoms with E-state index in [0.717, 1.165) is 32.5 Å². The number of thiophene rings is 1. The highest BCUT2D eigenvalue weighted by Crippen LogP contribution is 2.34. The molecule has 4 heteroatoms. The quantitative estimate of drug-likeness (QED) is 0.911. The van der Waals surface area contributed by atoms with Gasteiger partial charge in [0.15, 0.2) is 0 Å². The fourth-order valence-electron chi connectivity index (χ4n) is 2.59. The van der Waals surface area contributed by atoms with Gasteiger partial charge in [0.25, 0.3) is 0 Å². The van der Waals surface area contributed by atoms with E-state index in [1.54, 1.807) is 11.3 Å². The van der Waals surface area contributed by atoms with Crippen molar-refractivity contribution in [2.45, 2.75) is 33.2 Å². The third kappa shape index (κ3) is 2.93. The number of likely N-dealkylation sites (tertiary alicyclic amines) is 1. The molecule has 0 spiro atoms. The topological polar surface area (TPSA) is 40.5 Å². The number of aliphatic carboxylic acids is 1. The van der Waals surface area contributed by atoms with Gasteiger partial charge in [-0.05, 0) is 50.6 Å². The molecule has 3 nitrogen and oxygen atoms in total. The Kier molecular flexibility index (Phi) is 4.07. The number of hydrogen-bond acceptors (Lipinski definition) is 3. The molecule has 18 heavy (non-hydrogen) atoms. The lowest BCUT2D eigenvalue weighted by atomic mass is 9.74. The van der Waals surface area contributed by atoms with Crippen LogP contribution in [0.4, 0.5) is 0 Å². The maximum absolute atomic E-state index is 11.3. The van der Waals surface area contributed by atoms with Gasteiger partial charge in [0.1, 0.15) is 0 Å². The van der Waals surface area contributed by atoms with Crippen LogP contribution in [0.2, 0.25) is 0 Å². The molecule has 1 aliphatic rings. The largest absolute Gasteiger partial charge is 0.481 e. The monoisotopic (exact) mass is 267 g/mol. The summed E-state index contributed by atoms with van der Waals surface area (Å²) in [6.07, 6.45) is 2.13. The molecule has 1 N–H and O–H groups in total. The maximum Gasteiger partial charge on any atom is 0.309 e. The zero-order valence-electron chi connectivity index (χ0n) is 11.1. The van der Waals surface area contributed by atoms with Crippen LogP contribution in [0.5, 0.6) is 0 Å². The third-order valence-electron chi connectivity index (χ3n) is 4.04. The van der Waals surface area contributed by atoms with Crippen LogP contribution in [0.1, 0.15) is 31.6 Å². The van der Waals surface area contributed by atoms with Gasteiger partial charge in [0.2, 0.25) is 0 Å². The Morgan fingerprint density at radius 1 is 1.61 bits per heavy atom. The summed E-state index contributed by atoms with van der Waals surface area (Å²) < 4.78 is 0. The van der Waals surface area contributed by atoms with Crippen LogP contribution >= 0.6 is 11.3 Å². The van der Waals surface area contributed by atoms with Gasteiger partial charge >= 0.3 is 5.97 Å². The van der Waals surface area contributed by atoms with Gasteiger partial charge in [-0.2, -0.15) is 0 Å². The molecule has 1 aromatic rings. The molecular weight excluding hydrogens is 246 g/mol. The lowest BCUT2D eigenvalue weighted by Crippen LogP contribution is -2.44. The normalized spacial score (nSPS) is 22.0. The number of hydrogen-bond donors (Lipinski definition) is 1. The summed E-state index contributed by atoms with van der Waals surface area (Å²) >= 11 is 1.77. The summed E-state index contributed by atoms with van der Waals surface area (Å²) in [6, 6.07) is 4.22. The second kappa shape index (κ2) is 5.41. The van der Waals surface area contributed by atoms with Crippen molar-refractivity contribution in [1.82, 2.24) is 4.90 Å². The molecular formula is C14H21NO2S. The van der Waals surface area contributed by atoms with Crippen molar-refractivity contribution < 1.29 is 9.90 Å². The minimum atomic E-state index is -0.675. The molecule has 1 aliphatic heterocycles. The van der Waals surface area contributed by atoms with Crippen LogP contribution in [0.15, 0.2) is 17.5 Å². The number of rotatable bonds is 4. The van der Waals surface area contributed by atoms with E-state index in [4.69, 9.17) is 0 Å². The standard InChI is InChI=1S/C14H21NO2S/c1-14(2,13(16)17)11-5-3-7-15(9-11)10-12-6-4-8-18-12/h4,6,8,11H,3,5,7,9-10H2,1-2H3,(H,16,17). The van der Waals surface area contributed by atoms with E-state index in [0.29, 0.717) is 0 Å². The van der Waals surface area contributed by atoms with Crippen molar-refractivity contribution in [3.8, 4) is 0 Å². The second-order valence-corrected chi connectivity index (χ2v) is 6.71. The van der Waals surface area contributed by atoms with E-state index >= 15 is 0 Å². The number of carboxylic acids is 1. The minimum absolute atomic E-state index is 0.253. The minimum Gasteiger partial charge on any atom is -0.481 e. The molecule has 0 bridgehead atoms. The predicted molar refractivity (Wildman–Crippen MR) is 73.7 cm³/mol. The number of nitrogens with zero attached hydrogens (tertiary/aromatic N) is 1. The van der Waals surface area contributed by atoms with E-state index in [9.17, 15) is 9.90 Å². The first-order valence-corrected chi connectivity index (χ1v) is 7.36. The highest BCUT2D eigenvalue weighted by atomic mass is 32.1. The number of carbonyl (C=O) groups is 1. The molecule has 0 aliphatic carbocycles. The van der Waals surface area contributed by atoms with Crippen molar-refractivity contribution >= 4 is 17.3 Å². The van der Waals surface area contributed by atoms with E-state index in [-0.39, 0.29) is 5.92 Å². The number of piperidine rings is 1. The molecule has 1 fully saturated rings. The Bertz CT molecular complexity index is 400. The lowest BCUT2D eigenvalue weighted by molar-refractivity contribution is -0.151. The SMILES string of the molecule is CC(C)(C(=O)O)C1CCCN(Cc2cccs2)C1. The molecule has 0 amide bonds. The smallest absolute Gasteiger partial charge is 0.309 e. The van der Waals surface area contributed by atoms with Crippen LogP contribution in [-0.2, 0) is 11.3 Å². The number of carboxylic acid groups (broad SMARTS) is 1. The molecule has 2 heterocycles. The molecule has 0 radical (unpaired) electrons. The van der Waals surface area contributed by atoms with E-state index in [1.807, 2.05) is 13.8 Å². The maximum atomic E-state index is 11.3. The van der Waals surface area contributed by atoms with Gasteiger partial charge in [0.05, 0.1) is 5.41 Å². The Balaban J connectivity index is 1.98. The van der Waals surface area contributed by atoms with Crippen molar-refractivity contribution in [3.05, 3.63) is 22.4 Å². The zero-order valence-corrected chi connectivity index (χ0v) is 11.9. The summed E-state index contributed by atoms with van der Waals surface area (Å²) in [5.41, 5.74) is -0.617. The summed E-state index contributed by atoms with van der Waals surface area (Å²) in [4.78, 5) is 15.1. The Morgan fingerprint density at radius 3 is 3.00 bits per heavy atom. The van der Waals surface area contributed by atoms with Crippen LogP contribution < -0.4 is 0 Å². The predicted octanol–water partition coefficient (Wildman–Crippen LogP) is 3.07. The van der Waals surface area contributed by atoms with Crippen LogP contribution in [0, 0.1) is 11.3 Å². The first-order chi connectivity index (χ1) is 8.50. The van der Waals surface area contributed by atoms with Crippen molar-refractivity contribution in [2.75, 3.05) is 13.1 Å². The summed E-state index contributed by atoms with van der Waals surface area (Å²) in [7, 11) is 0. The Hall–Kier alpha value is -0.870. The van der Waals surface area contributed by atoms with Crippen molar-refractivity contribution in [1.29, 1.82) is 0 Å². The van der Waals surface area contributed by atoms with Crippen LogP contribution in [-0.4, -0.2) is 29.1 Å². The van der Waals surface area contributed by atoms with E-state index in [1.165, 1.54) is 4.88 Å². The molecule has 1 aromatic heterocycles. The van der Waals surface area contributed by atoms with Gasteiger partial charge in [-0.3, -0.25) is 9.69 Å². The summed E-state index contributed by atoms with van der Waals surface area (Å²) in [5, 5.41) is 11.4. The van der Waals surface area contributed by atoms with Crippen LogP contribution in [0.3, 0.4) is 0 Å². The molecule has 1 atom stereocenters. The molecule has 2 rings (SSSR count). The summed E-state index contributed by atoms with van der Waals surface area (Å²) in [5.74, 6) is -0.422. The van der Waals surface area contributed by atoms with Gasteiger partial charge < -0.3 is 5.11 Å². The fourth-order valence-corrected chi connectivity index (χ4v) is 3.33. The lowest BCUT2D eigenvalue weighted by Gasteiger charge is -2.39. The summed E-state index contributed by atoms with van der Waals surface area (Å²) in [6.45, 7) is 6.66. The van der Waals surface area contributed by atoms with Gasteiger partial charge in [-0.25, -0.2) is 0 Å². The van der Waals surface area contributed by atoms with Crippen molar-refractivity contribution in [3.63, 3.8) is 0 Å². The second-order valence-electron chi connectivity index (χ2n) is 5.68. The van der Waals surface area contributed by atoms with Crippen LogP contribution in [0.25, 0.3) is 0 Å². The zero-order chi connectivity index (χ0) is 13.2. The molecule has 0 aromatic carbocycles. The van der Waals surface area contributed by atoms with Gasteiger partial charge in [0, 0.05) is 18.0 Å². The molecule has 0 saturated carbocycles. The first kappa shape index (κ1) is 13.6. The molecule has 100 valence electrons. The highest BCUT2D eigenvalue weighted by Gasteiger charge is 2.38. The Labute approximate surface area is 112 Å². The van der Waals surface area contributed by atoms with Crippen molar-refractivity contribution in [2.24, 2.45) is 11.3 Å².